The normalized spacial score (nSPS) is 12.8. The van der Waals surface area contributed by atoms with Gasteiger partial charge >= 0.3 is 5.97 Å². The number of ether oxygens (including phenoxy) is 4. The number of hydrogen-bond donors (Lipinski definition) is 4. The summed E-state index contributed by atoms with van der Waals surface area (Å²) < 4.78 is 21.1. The van der Waals surface area contributed by atoms with Gasteiger partial charge in [0.1, 0.15) is 6.10 Å². The second-order valence-corrected chi connectivity index (χ2v) is 5.73. The minimum absolute atomic E-state index is 0.0267. The summed E-state index contributed by atoms with van der Waals surface area (Å²) in [6.45, 7) is -0.572. The number of carboxylic acid groups (broad SMARTS) is 1. The Hall–Kier alpha value is -3.17. The van der Waals surface area contributed by atoms with E-state index in [9.17, 15) is 25.2 Å². The fourth-order valence-corrected chi connectivity index (χ4v) is 2.57. The Labute approximate surface area is 161 Å². The van der Waals surface area contributed by atoms with Gasteiger partial charge in [0.25, 0.3) is 0 Å². The zero-order valence-corrected chi connectivity index (χ0v) is 15.6. The zero-order valence-electron chi connectivity index (χ0n) is 15.6. The molecule has 0 aliphatic carbocycles. The molecule has 2 rings (SSSR count). The number of benzene rings is 2. The Balaban J connectivity index is 2.40. The third-order valence-corrected chi connectivity index (χ3v) is 4.05. The molecule has 0 saturated carbocycles. The number of aliphatic hydroxyl groups excluding tert-OH is 2. The first-order chi connectivity index (χ1) is 13.4. The quantitative estimate of drug-likeness (QED) is 0.500. The Morgan fingerprint density at radius 1 is 1.00 bits per heavy atom. The predicted molar refractivity (Wildman–Crippen MR) is 97.6 cm³/mol. The van der Waals surface area contributed by atoms with Crippen LogP contribution in [0.1, 0.15) is 22.0 Å². The van der Waals surface area contributed by atoms with Gasteiger partial charge in [0, 0.05) is 0 Å². The Kier molecular flexibility index (Phi) is 6.91. The lowest BCUT2D eigenvalue weighted by Crippen LogP contribution is -2.29. The van der Waals surface area contributed by atoms with Gasteiger partial charge in [0.2, 0.25) is 5.75 Å². The number of phenolic OH excluding ortho intramolecular Hbond substituents is 1. The smallest absolute Gasteiger partial charge is 0.335 e. The number of rotatable bonds is 9. The summed E-state index contributed by atoms with van der Waals surface area (Å²) in [5, 5.41) is 39.2. The first kappa shape index (κ1) is 21.1. The molecule has 152 valence electrons. The van der Waals surface area contributed by atoms with Crippen LogP contribution in [0, 0.1) is 0 Å². The van der Waals surface area contributed by atoms with Crippen LogP contribution in [0.4, 0.5) is 0 Å². The molecule has 0 fully saturated rings. The lowest BCUT2D eigenvalue weighted by atomic mass is 10.0. The van der Waals surface area contributed by atoms with Gasteiger partial charge in [0.05, 0.1) is 33.5 Å². The minimum Gasteiger partial charge on any atom is -0.504 e. The third kappa shape index (κ3) is 4.38. The molecule has 0 spiro atoms. The molecule has 9 nitrogen and oxygen atoms in total. The maximum absolute atomic E-state index is 11.2. The summed E-state index contributed by atoms with van der Waals surface area (Å²) in [5.41, 5.74) is 0.249. The number of aromatic hydroxyl groups is 1. The van der Waals surface area contributed by atoms with Gasteiger partial charge in [-0.1, -0.05) is 6.07 Å². The van der Waals surface area contributed by atoms with Crippen LogP contribution in [0.25, 0.3) is 0 Å². The second kappa shape index (κ2) is 9.16. The SMILES string of the molecule is COc1cc([C@H](O)[C@H](CO)Oc2c(OC)cc(C(=O)O)cc2OC)ccc1O. The van der Waals surface area contributed by atoms with Crippen molar-refractivity contribution >= 4 is 5.97 Å². The van der Waals surface area contributed by atoms with Crippen molar-refractivity contribution in [1.82, 2.24) is 0 Å². The number of carboxylic acids is 1. The van der Waals surface area contributed by atoms with E-state index in [0.717, 1.165) is 0 Å². The van der Waals surface area contributed by atoms with Crippen LogP contribution < -0.4 is 18.9 Å². The Morgan fingerprint density at radius 3 is 2.04 bits per heavy atom. The number of hydrogen-bond acceptors (Lipinski definition) is 8. The van der Waals surface area contributed by atoms with E-state index in [1.807, 2.05) is 0 Å². The van der Waals surface area contributed by atoms with Crippen molar-refractivity contribution in [3.63, 3.8) is 0 Å². The summed E-state index contributed by atoms with van der Waals surface area (Å²) in [7, 11) is 4.01. The molecule has 2 aromatic rings. The van der Waals surface area contributed by atoms with Gasteiger partial charge < -0.3 is 39.4 Å². The largest absolute Gasteiger partial charge is 0.504 e. The molecule has 2 atom stereocenters. The zero-order chi connectivity index (χ0) is 20.8. The number of aromatic carboxylic acids is 1. The fourth-order valence-electron chi connectivity index (χ4n) is 2.57. The summed E-state index contributed by atoms with van der Waals surface area (Å²) in [5.74, 6) is -0.991. The lowest BCUT2D eigenvalue weighted by molar-refractivity contribution is -0.00177. The summed E-state index contributed by atoms with van der Waals surface area (Å²) >= 11 is 0. The molecule has 2 aromatic carbocycles. The van der Waals surface area contributed by atoms with Crippen LogP contribution in [0.2, 0.25) is 0 Å². The van der Waals surface area contributed by atoms with Crippen molar-refractivity contribution in [2.75, 3.05) is 27.9 Å². The predicted octanol–water partition coefficient (Wildman–Crippen LogP) is 1.59. The van der Waals surface area contributed by atoms with Crippen molar-refractivity contribution < 1.29 is 44.2 Å². The molecular formula is C19H22O9. The number of phenols is 1. The lowest BCUT2D eigenvalue weighted by Gasteiger charge is -2.25. The molecular weight excluding hydrogens is 372 g/mol. The molecule has 4 N–H and O–H groups in total. The minimum atomic E-state index is -1.30. The molecule has 9 heteroatoms. The molecule has 0 radical (unpaired) electrons. The highest BCUT2D eigenvalue weighted by Gasteiger charge is 2.27. The van der Waals surface area contributed by atoms with Crippen LogP contribution in [0.15, 0.2) is 30.3 Å². The van der Waals surface area contributed by atoms with Gasteiger partial charge in [-0.3, -0.25) is 0 Å². The van der Waals surface area contributed by atoms with E-state index in [1.165, 1.54) is 51.7 Å². The van der Waals surface area contributed by atoms with Gasteiger partial charge in [-0.25, -0.2) is 4.79 Å². The van der Waals surface area contributed by atoms with Gasteiger partial charge in [-0.15, -0.1) is 0 Å². The molecule has 0 amide bonds. The summed E-state index contributed by atoms with van der Waals surface area (Å²) in [6, 6.07) is 6.69. The van der Waals surface area contributed by atoms with Crippen LogP contribution >= 0.6 is 0 Å². The van der Waals surface area contributed by atoms with E-state index >= 15 is 0 Å². The highest BCUT2D eigenvalue weighted by atomic mass is 16.6. The first-order valence-electron chi connectivity index (χ1n) is 8.18. The van der Waals surface area contributed by atoms with Crippen LogP contribution in [-0.4, -0.2) is 60.4 Å². The number of methoxy groups -OCH3 is 3. The summed E-state index contributed by atoms with van der Waals surface area (Å²) in [4.78, 5) is 11.2. The van der Waals surface area contributed by atoms with Crippen LogP contribution in [0.3, 0.4) is 0 Å². The topological polar surface area (TPSA) is 135 Å². The molecule has 0 aliphatic heterocycles. The standard InChI is InChI=1S/C19H22O9/c1-25-13-6-10(4-5-12(13)21)17(22)16(9-20)28-18-14(26-2)7-11(19(23)24)8-15(18)27-3/h4-8,16-17,20-22H,9H2,1-3H3,(H,23,24)/t16-,17-/m0/s1. The fraction of sp³-hybridized carbons (Fsp3) is 0.316. The third-order valence-electron chi connectivity index (χ3n) is 4.05. The molecule has 0 bridgehead atoms. The average molecular weight is 394 g/mol. The van der Waals surface area contributed by atoms with E-state index in [1.54, 1.807) is 0 Å². The highest BCUT2D eigenvalue weighted by Crippen LogP contribution is 2.40. The first-order valence-corrected chi connectivity index (χ1v) is 8.18. The van der Waals surface area contributed by atoms with Gasteiger partial charge in [-0.05, 0) is 29.8 Å². The molecule has 28 heavy (non-hydrogen) atoms. The van der Waals surface area contributed by atoms with E-state index in [4.69, 9.17) is 18.9 Å². The van der Waals surface area contributed by atoms with Crippen molar-refractivity contribution in [3.8, 4) is 28.7 Å². The molecule has 0 aromatic heterocycles. The van der Waals surface area contributed by atoms with Crippen molar-refractivity contribution in [3.05, 3.63) is 41.5 Å². The molecule has 0 aliphatic rings. The van der Waals surface area contributed by atoms with E-state index in [-0.39, 0.29) is 34.3 Å². The van der Waals surface area contributed by atoms with Gasteiger partial charge in [-0.2, -0.15) is 0 Å². The van der Waals surface area contributed by atoms with Gasteiger partial charge in [0.15, 0.2) is 29.1 Å². The summed E-state index contributed by atoms with van der Waals surface area (Å²) in [6.07, 6.45) is -2.44. The maximum Gasteiger partial charge on any atom is 0.335 e. The Morgan fingerprint density at radius 2 is 1.57 bits per heavy atom. The maximum atomic E-state index is 11.2. The molecule has 0 heterocycles. The van der Waals surface area contributed by atoms with Crippen molar-refractivity contribution in [2.24, 2.45) is 0 Å². The monoisotopic (exact) mass is 394 g/mol. The molecule has 0 saturated heterocycles. The average Bonchev–Trinajstić information content (AvgIpc) is 2.71. The van der Waals surface area contributed by atoms with E-state index in [2.05, 4.69) is 0 Å². The van der Waals surface area contributed by atoms with Crippen LogP contribution in [0.5, 0.6) is 28.7 Å². The van der Waals surface area contributed by atoms with E-state index in [0.29, 0.717) is 5.56 Å². The highest BCUT2D eigenvalue weighted by molar-refractivity contribution is 5.89. The number of carbonyl (C=O) groups is 1. The van der Waals surface area contributed by atoms with E-state index < -0.39 is 24.8 Å². The van der Waals surface area contributed by atoms with Crippen molar-refractivity contribution in [2.45, 2.75) is 12.2 Å². The van der Waals surface area contributed by atoms with Crippen molar-refractivity contribution in [1.29, 1.82) is 0 Å². The number of aliphatic hydroxyl groups is 2. The van der Waals surface area contributed by atoms with Crippen LogP contribution in [-0.2, 0) is 0 Å². The molecule has 0 unspecified atom stereocenters. The Bertz CT molecular complexity index is 809. The second-order valence-electron chi connectivity index (χ2n) is 5.73.